The number of carbonyl (C=O) groups excluding carboxylic acids is 1. The predicted molar refractivity (Wildman–Crippen MR) is 72.0 cm³/mol. The van der Waals surface area contributed by atoms with E-state index in [2.05, 4.69) is 21.9 Å². The minimum absolute atomic E-state index is 0.145. The molecule has 1 saturated heterocycles. The Labute approximate surface area is 113 Å². The topological polar surface area (TPSA) is 61.8 Å². The number of phenolic OH excluding ortho intramolecular Hbond substituents is 1. The van der Waals surface area contributed by atoms with E-state index in [1.54, 1.807) is 12.1 Å². The third kappa shape index (κ3) is 3.38. The highest BCUT2D eigenvalue weighted by atomic mass is 16.5. The van der Waals surface area contributed by atoms with E-state index in [0.717, 1.165) is 25.1 Å². The first-order valence-corrected chi connectivity index (χ1v) is 6.47. The van der Waals surface area contributed by atoms with Gasteiger partial charge in [0.15, 0.2) is 0 Å². The first kappa shape index (κ1) is 13.7. The normalized spacial score (nSPS) is 21.1. The van der Waals surface area contributed by atoms with Gasteiger partial charge in [-0.05, 0) is 31.0 Å². The van der Waals surface area contributed by atoms with Gasteiger partial charge >= 0.3 is 6.09 Å². The van der Waals surface area contributed by atoms with Crippen molar-refractivity contribution in [3.8, 4) is 5.75 Å². The molecule has 2 atom stereocenters. The zero-order chi connectivity index (χ0) is 13.8. The Hall–Kier alpha value is -1.75. The largest absolute Gasteiger partial charge is 0.508 e. The molecule has 0 bridgehead atoms. The van der Waals surface area contributed by atoms with Crippen LogP contribution in [-0.2, 0) is 4.74 Å². The molecule has 0 spiro atoms. The van der Waals surface area contributed by atoms with Crippen molar-refractivity contribution in [1.29, 1.82) is 0 Å². The fraction of sp³-hybridized carbons (Fsp3) is 0.500. The summed E-state index contributed by atoms with van der Waals surface area (Å²) >= 11 is 0. The average Bonchev–Trinajstić information content (AvgIpc) is 2.87. The standard InChI is InChI=1S/C14H20N2O3/c1-10(11-3-5-13(17)6-4-11)16-8-7-12(9-16)15-14(18)19-2/h3-6,10,12,17H,7-9H2,1-2H3,(H,15,18). The van der Waals surface area contributed by atoms with Crippen molar-refractivity contribution in [3.63, 3.8) is 0 Å². The summed E-state index contributed by atoms with van der Waals surface area (Å²) in [4.78, 5) is 13.5. The highest BCUT2D eigenvalue weighted by Gasteiger charge is 2.27. The van der Waals surface area contributed by atoms with Crippen LogP contribution in [0, 0.1) is 0 Å². The van der Waals surface area contributed by atoms with Crippen molar-refractivity contribution in [2.24, 2.45) is 0 Å². The molecule has 104 valence electrons. The van der Waals surface area contributed by atoms with Crippen molar-refractivity contribution < 1.29 is 14.6 Å². The van der Waals surface area contributed by atoms with Gasteiger partial charge < -0.3 is 15.2 Å². The second kappa shape index (κ2) is 5.93. The summed E-state index contributed by atoms with van der Waals surface area (Å²) in [5.74, 6) is 0.280. The number of rotatable bonds is 3. The summed E-state index contributed by atoms with van der Waals surface area (Å²) in [5, 5.41) is 12.1. The van der Waals surface area contributed by atoms with Gasteiger partial charge in [-0.3, -0.25) is 4.90 Å². The predicted octanol–water partition coefficient (Wildman–Crippen LogP) is 1.88. The lowest BCUT2D eigenvalue weighted by Gasteiger charge is -2.24. The van der Waals surface area contributed by atoms with E-state index in [0.29, 0.717) is 0 Å². The Morgan fingerprint density at radius 3 is 2.79 bits per heavy atom. The van der Waals surface area contributed by atoms with E-state index in [1.807, 2.05) is 12.1 Å². The molecule has 0 aliphatic carbocycles. The Kier molecular flexibility index (Phi) is 4.27. The highest BCUT2D eigenvalue weighted by molar-refractivity contribution is 5.67. The van der Waals surface area contributed by atoms with Crippen LogP contribution in [0.25, 0.3) is 0 Å². The summed E-state index contributed by atoms with van der Waals surface area (Å²) in [6.07, 6.45) is 0.557. The summed E-state index contributed by atoms with van der Waals surface area (Å²) < 4.78 is 4.61. The molecule has 1 heterocycles. The molecule has 1 fully saturated rings. The maximum atomic E-state index is 11.2. The van der Waals surface area contributed by atoms with Crippen molar-refractivity contribution in [1.82, 2.24) is 10.2 Å². The van der Waals surface area contributed by atoms with E-state index in [4.69, 9.17) is 0 Å². The minimum atomic E-state index is -0.371. The zero-order valence-corrected chi connectivity index (χ0v) is 11.3. The average molecular weight is 264 g/mol. The van der Waals surface area contributed by atoms with Crippen LogP contribution in [0.2, 0.25) is 0 Å². The number of hydrogen-bond donors (Lipinski definition) is 2. The first-order valence-electron chi connectivity index (χ1n) is 6.47. The monoisotopic (exact) mass is 264 g/mol. The molecule has 0 aromatic heterocycles. The van der Waals surface area contributed by atoms with E-state index >= 15 is 0 Å². The van der Waals surface area contributed by atoms with Crippen molar-refractivity contribution in [3.05, 3.63) is 29.8 Å². The van der Waals surface area contributed by atoms with Gasteiger partial charge in [0.25, 0.3) is 0 Å². The number of alkyl carbamates (subject to hydrolysis) is 1. The van der Waals surface area contributed by atoms with Crippen LogP contribution in [0.3, 0.4) is 0 Å². The maximum Gasteiger partial charge on any atom is 0.407 e. The molecule has 2 unspecified atom stereocenters. The van der Waals surface area contributed by atoms with Crippen LogP contribution in [-0.4, -0.2) is 42.3 Å². The molecule has 1 aromatic rings. The summed E-state index contributed by atoms with van der Waals surface area (Å²) in [6, 6.07) is 7.68. The number of methoxy groups -OCH3 is 1. The smallest absolute Gasteiger partial charge is 0.407 e. The molecule has 0 saturated carbocycles. The van der Waals surface area contributed by atoms with Crippen LogP contribution in [0.5, 0.6) is 5.75 Å². The second-order valence-electron chi connectivity index (χ2n) is 4.88. The molecule has 1 aliphatic heterocycles. The van der Waals surface area contributed by atoms with Crippen LogP contribution >= 0.6 is 0 Å². The number of aromatic hydroxyl groups is 1. The van der Waals surface area contributed by atoms with Crippen molar-refractivity contribution >= 4 is 6.09 Å². The molecular weight excluding hydrogens is 244 g/mol. The lowest BCUT2D eigenvalue weighted by atomic mass is 10.1. The zero-order valence-electron chi connectivity index (χ0n) is 11.3. The lowest BCUT2D eigenvalue weighted by molar-refractivity contribution is 0.165. The van der Waals surface area contributed by atoms with E-state index in [-0.39, 0.29) is 23.9 Å². The summed E-state index contributed by atoms with van der Waals surface area (Å²) in [5.41, 5.74) is 1.16. The summed E-state index contributed by atoms with van der Waals surface area (Å²) in [7, 11) is 1.38. The minimum Gasteiger partial charge on any atom is -0.508 e. The number of phenols is 1. The maximum absolute atomic E-state index is 11.2. The number of benzene rings is 1. The second-order valence-corrected chi connectivity index (χ2v) is 4.88. The third-order valence-corrected chi connectivity index (χ3v) is 3.65. The molecule has 2 rings (SSSR count). The van der Waals surface area contributed by atoms with Gasteiger partial charge in [-0.25, -0.2) is 4.79 Å². The number of nitrogens with zero attached hydrogens (tertiary/aromatic N) is 1. The number of carbonyl (C=O) groups is 1. The Bertz CT molecular complexity index is 433. The number of ether oxygens (including phenoxy) is 1. The van der Waals surface area contributed by atoms with Gasteiger partial charge in [0.05, 0.1) is 7.11 Å². The quantitative estimate of drug-likeness (QED) is 0.875. The van der Waals surface area contributed by atoms with Crippen LogP contribution < -0.4 is 5.32 Å². The molecule has 0 radical (unpaired) electrons. The van der Waals surface area contributed by atoms with Crippen LogP contribution in [0.1, 0.15) is 24.9 Å². The third-order valence-electron chi connectivity index (χ3n) is 3.65. The van der Waals surface area contributed by atoms with Crippen LogP contribution in [0.15, 0.2) is 24.3 Å². The summed E-state index contributed by atoms with van der Waals surface area (Å²) in [6.45, 7) is 3.89. The highest BCUT2D eigenvalue weighted by Crippen LogP contribution is 2.25. The molecule has 19 heavy (non-hydrogen) atoms. The lowest BCUT2D eigenvalue weighted by Crippen LogP contribution is -2.37. The number of likely N-dealkylation sites (tertiary alicyclic amines) is 1. The fourth-order valence-electron chi connectivity index (χ4n) is 2.45. The molecule has 2 N–H and O–H groups in total. The van der Waals surface area contributed by atoms with Gasteiger partial charge in [0.1, 0.15) is 5.75 Å². The molecule has 1 aromatic carbocycles. The Balaban J connectivity index is 1.93. The van der Waals surface area contributed by atoms with E-state index in [9.17, 15) is 9.90 Å². The van der Waals surface area contributed by atoms with Gasteiger partial charge in [0.2, 0.25) is 0 Å². The van der Waals surface area contributed by atoms with Crippen molar-refractivity contribution in [2.75, 3.05) is 20.2 Å². The van der Waals surface area contributed by atoms with Gasteiger partial charge in [0, 0.05) is 25.2 Å². The SMILES string of the molecule is COC(=O)NC1CCN(C(C)c2ccc(O)cc2)C1. The fourth-order valence-corrected chi connectivity index (χ4v) is 2.45. The Morgan fingerprint density at radius 2 is 2.16 bits per heavy atom. The molecule has 1 amide bonds. The molecule has 1 aliphatic rings. The number of hydrogen-bond acceptors (Lipinski definition) is 4. The molecule has 5 heteroatoms. The van der Waals surface area contributed by atoms with Gasteiger partial charge in [-0.2, -0.15) is 0 Å². The van der Waals surface area contributed by atoms with Crippen molar-refractivity contribution in [2.45, 2.75) is 25.4 Å². The van der Waals surface area contributed by atoms with Crippen LogP contribution in [0.4, 0.5) is 4.79 Å². The van der Waals surface area contributed by atoms with E-state index in [1.165, 1.54) is 7.11 Å². The number of amides is 1. The molecule has 5 nitrogen and oxygen atoms in total. The Morgan fingerprint density at radius 1 is 1.47 bits per heavy atom. The van der Waals surface area contributed by atoms with Gasteiger partial charge in [-0.1, -0.05) is 12.1 Å². The first-order chi connectivity index (χ1) is 9.10. The number of nitrogens with one attached hydrogen (secondary N) is 1. The van der Waals surface area contributed by atoms with E-state index < -0.39 is 0 Å². The molecular formula is C14H20N2O3. The van der Waals surface area contributed by atoms with Gasteiger partial charge in [-0.15, -0.1) is 0 Å².